The number of nitrogens with zero attached hydrogens (tertiary/aromatic N) is 4. The van der Waals surface area contributed by atoms with Crippen molar-refractivity contribution in [2.24, 2.45) is 4.99 Å². The van der Waals surface area contributed by atoms with Crippen LogP contribution in [0.25, 0.3) is 0 Å². The zero-order chi connectivity index (χ0) is 17.4. The molecule has 1 fully saturated rings. The number of pyridine rings is 1. The molecule has 1 aliphatic heterocycles. The molecular weight excluding hydrogens is 429 g/mol. The summed E-state index contributed by atoms with van der Waals surface area (Å²) >= 11 is 0. The fourth-order valence-electron chi connectivity index (χ4n) is 2.81. The second-order valence-electron chi connectivity index (χ2n) is 6.26. The highest BCUT2D eigenvalue weighted by molar-refractivity contribution is 14.0. The van der Waals surface area contributed by atoms with Crippen LogP contribution in [0.15, 0.2) is 29.4 Å². The quantitative estimate of drug-likeness (QED) is 0.387. The number of aliphatic hydroxyl groups is 1. The number of rotatable bonds is 6. The van der Waals surface area contributed by atoms with Crippen LogP contribution in [0.4, 0.5) is 5.82 Å². The first-order valence-electron chi connectivity index (χ1n) is 9.03. The Morgan fingerprint density at radius 2 is 1.88 bits per heavy atom. The standard InChI is InChI=1S/C18H31N5O.HI/c1-4-18(24,5-2)15-21-17(19-6-3)23-13-11-22(12-14-23)16-9-7-8-10-20-16;/h7-10,24H,4-6,11-15H2,1-3H3,(H,19,21);1H. The largest absolute Gasteiger partial charge is 0.388 e. The molecule has 142 valence electrons. The van der Waals surface area contributed by atoms with Crippen molar-refractivity contribution in [3.05, 3.63) is 24.4 Å². The summed E-state index contributed by atoms with van der Waals surface area (Å²) in [6, 6.07) is 6.02. The zero-order valence-electron chi connectivity index (χ0n) is 15.6. The summed E-state index contributed by atoms with van der Waals surface area (Å²) in [4.78, 5) is 13.7. The first-order valence-corrected chi connectivity index (χ1v) is 9.03. The van der Waals surface area contributed by atoms with Crippen molar-refractivity contribution in [3.8, 4) is 0 Å². The highest BCUT2D eigenvalue weighted by Gasteiger charge is 2.24. The topological polar surface area (TPSA) is 64.0 Å². The minimum absolute atomic E-state index is 0. The Kier molecular flexibility index (Phi) is 9.48. The lowest BCUT2D eigenvalue weighted by Gasteiger charge is -2.37. The van der Waals surface area contributed by atoms with E-state index in [0.717, 1.165) is 57.3 Å². The van der Waals surface area contributed by atoms with Crippen LogP contribution in [0.3, 0.4) is 0 Å². The highest BCUT2D eigenvalue weighted by Crippen LogP contribution is 2.16. The first kappa shape index (κ1) is 22.0. The molecule has 0 spiro atoms. The van der Waals surface area contributed by atoms with Gasteiger partial charge in [-0.25, -0.2) is 4.98 Å². The van der Waals surface area contributed by atoms with Gasteiger partial charge < -0.3 is 20.2 Å². The van der Waals surface area contributed by atoms with Gasteiger partial charge in [-0.3, -0.25) is 4.99 Å². The molecule has 0 amide bonds. The van der Waals surface area contributed by atoms with Crippen LogP contribution in [0.5, 0.6) is 0 Å². The Bertz CT molecular complexity index is 513. The maximum Gasteiger partial charge on any atom is 0.194 e. The van der Waals surface area contributed by atoms with Gasteiger partial charge in [0.25, 0.3) is 0 Å². The third-order valence-electron chi connectivity index (χ3n) is 4.73. The molecule has 2 N–H and O–H groups in total. The van der Waals surface area contributed by atoms with Gasteiger partial charge in [0.1, 0.15) is 5.82 Å². The lowest BCUT2D eigenvalue weighted by atomic mass is 9.98. The van der Waals surface area contributed by atoms with Gasteiger partial charge in [0.2, 0.25) is 0 Å². The van der Waals surface area contributed by atoms with E-state index in [4.69, 9.17) is 4.99 Å². The molecule has 1 aromatic heterocycles. The summed E-state index contributed by atoms with van der Waals surface area (Å²) in [6.07, 6.45) is 3.28. The maximum absolute atomic E-state index is 10.5. The Labute approximate surface area is 168 Å². The van der Waals surface area contributed by atoms with Crippen LogP contribution in [0.2, 0.25) is 0 Å². The SMILES string of the molecule is CCNC(=NCC(O)(CC)CC)N1CCN(c2ccccn2)CC1.I. The third-order valence-corrected chi connectivity index (χ3v) is 4.73. The number of aromatic nitrogens is 1. The van der Waals surface area contributed by atoms with E-state index in [-0.39, 0.29) is 24.0 Å². The molecule has 2 rings (SSSR count). The Morgan fingerprint density at radius 3 is 2.40 bits per heavy atom. The Balaban J connectivity index is 0.00000312. The van der Waals surface area contributed by atoms with Crippen molar-refractivity contribution in [2.75, 3.05) is 44.2 Å². The molecule has 0 aromatic carbocycles. The smallest absolute Gasteiger partial charge is 0.194 e. The van der Waals surface area contributed by atoms with Gasteiger partial charge in [-0.15, -0.1) is 24.0 Å². The monoisotopic (exact) mass is 461 g/mol. The molecule has 0 aliphatic carbocycles. The van der Waals surface area contributed by atoms with E-state index < -0.39 is 5.60 Å². The van der Waals surface area contributed by atoms with Gasteiger partial charge in [0.05, 0.1) is 12.1 Å². The second-order valence-corrected chi connectivity index (χ2v) is 6.26. The van der Waals surface area contributed by atoms with E-state index in [1.54, 1.807) is 0 Å². The van der Waals surface area contributed by atoms with Gasteiger partial charge in [-0.05, 0) is 31.9 Å². The van der Waals surface area contributed by atoms with Crippen molar-refractivity contribution < 1.29 is 5.11 Å². The summed E-state index contributed by atoms with van der Waals surface area (Å²) < 4.78 is 0. The number of hydrogen-bond acceptors (Lipinski definition) is 4. The second kappa shape index (κ2) is 10.8. The molecule has 25 heavy (non-hydrogen) atoms. The minimum Gasteiger partial charge on any atom is -0.388 e. The van der Waals surface area contributed by atoms with Crippen LogP contribution >= 0.6 is 24.0 Å². The van der Waals surface area contributed by atoms with E-state index in [1.807, 2.05) is 32.2 Å². The molecule has 6 nitrogen and oxygen atoms in total. The summed E-state index contributed by atoms with van der Waals surface area (Å²) in [6.45, 7) is 11.0. The predicted molar refractivity (Wildman–Crippen MR) is 115 cm³/mol. The fraction of sp³-hybridized carbons (Fsp3) is 0.667. The molecule has 1 aliphatic rings. The number of hydrogen-bond donors (Lipinski definition) is 2. The van der Waals surface area contributed by atoms with Gasteiger partial charge in [-0.1, -0.05) is 19.9 Å². The van der Waals surface area contributed by atoms with E-state index in [2.05, 4.69) is 33.1 Å². The average Bonchev–Trinajstić information content (AvgIpc) is 2.66. The van der Waals surface area contributed by atoms with Crippen molar-refractivity contribution in [3.63, 3.8) is 0 Å². The van der Waals surface area contributed by atoms with Gasteiger partial charge in [0.15, 0.2) is 5.96 Å². The number of aliphatic imine (C=N–C) groups is 1. The lowest BCUT2D eigenvalue weighted by Crippen LogP contribution is -2.53. The van der Waals surface area contributed by atoms with Gasteiger partial charge in [-0.2, -0.15) is 0 Å². The third kappa shape index (κ3) is 6.29. The summed E-state index contributed by atoms with van der Waals surface area (Å²) in [5, 5.41) is 13.8. The molecule has 0 saturated carbocycles. The molecule has 0 atom stereocenters. The maximum atomic E-state index is 10.5. The lowest BCUT2D eigenvalue weighted by molar-refractivity contribution is 0.0415. The summed E-state index contributed by atoms with van der Waals surface area (Å²) in [5.41, 5.74) is -0.698. The van der Waals surface area contributed by atoms with E-state index >= 15 is 0 Å². The van der Waals surface area contributed by atoms with Gasteiger partial charge >= 0.3 is 0 Å². The number of guanidine groups is 1. The van der Waals surface area contributed by atoms with Crippen LogP contribution in [-0.4, -0.2) is 65.8 Å². The number of piperazine rings is 1. The van der Waals surface area contributed by atoms with E-state index in [1.165, 1.54) is 0 Å². The molecule has 7 heteroatoms. The number of halogens is 1. The summed E-state index contributed by atoms with van der Waals surface area (Å²) in [5.74, 6) is 1.93. The summed E-state index contributed by atoms with van der Waals surface area (Å²) in [7, 11) is 0. The molecule has 0 unspecified atom stereocenters. The molecular formula is C18H32IN5O. The minimum atomic E-state index is -0.698. The van der Waals surface area contributed by atoms with Crippen LogP contribution < -0.4 is 10.2 Å². The van der Waals surface area contributed by atoms with E-state index in [0.29, 0.717) is 6.54 Å². The molecule has 1 aromatic rings. The van der Waals surface area contributed by atoms with Crippen molar-refractivity contribution in [1.82, 2.24) is 15.2 Å². The molecule has 0 radical (unpaired) electrons. The first-order chi connectivity index (χ1) is 11.6. The highest BCUT2D eigenvalue weighted by atomic mass is 127. The molecule has 0 bridgehead atoms. The van der Waals surface area contributed by atoms with Crippen LogP contribution in [0.1, 0.15) is 33.6 Å². The number of anilines is 1. The van der Waals surface area contributed by atoms with E-state index in [9.17, 15) is 5.11 Å². The number of nitrogens with one attached hydrogen (secondary N) is 1. The fourth-order valence-corrected chi connectivity index (χ4v) is 2.81. The molecule has 2 heterocycles. The van der Waals surface area contributed by atoms with Crippen LogP contribution in [-0.2, 0) is 0 Å². The molecule has 1 saturated heterocycles. The van der Waals surface area contributed by atoms with Crippen molar-refractivity contribution in [1.29, 1.82) is 0 Å². The Morgan fingerprint density at radius 1 is 1.20 bits per heavy atom. The van der Waals surface area contributed by atoms with Crippen LogP contribution in [0, 0.1) is 0 Å². The van der Waals surface area contributed by atoms with Crippen molar-refractivity contribution >= 4 is 35.8 Å². The zero-order valence-corrected chi connectivity index (χ0v) is 17.9. The average molecular weight is 461 g/mol. The van der Waals surface area contributed by atoms with Crippen molar-refractivity contribution in [2.45, 2.75) is 39.2 Å². The van der Waals surface area contributed by atoms with Gasteiger partial charge in [0, 0.05) is 38.9 Å². The predicted octanol–water partition coefficient (Wildman–Crippen LogP) is 2.34. The Hall–Kier alpha value is -1.09. The normalized spacial score (nSPS) is 15.8.